The minimum Gasteiger partial charge on any atom is -0.334 e. The van der Waals surface area contributed by atoms with Gasteiger partial charge in [0, 0.05) is 36.9 Å². The molecule has 0 radical (unpaired) electrons. The van der Waals surface area contributed by atoms with Crippen LogP contribution in [-0.2, 0) is 13.5 Å². The number of pyridine rings is 1. The van der Waals surface area contributed by atoms with Crippen molar-refractivity contribution in [2.75, 3.05) is 6.54 Å². The first-order valence-electron chi connectivity index (χ1n) is 9.36. The minimum atomic E-state index is 0.0625. The van der Waals surface area contributed by atoms with E-state index in [2.05, 4.69) is 16.1 Å². The zero-order valence-electron chi connectivity index (χ0n) is 15.1. The summed E-state index contributed by atoms with van der Waals surface area (Å²) < 4.78 is 1.80. The number of hydrogen-bond donors (Lipinski definition) is 0. The second-order valence-corrected chi connectivity index (χ2v) is 7.00. The molecule has 134 valence electrons. The molecule has 4 rings (SSSR count). The first-order valence-corrected chi connectivity index (χ1v) is 9.36. The van der Waals surface area contributed by atoms with Crippen LogP contribution >= 0.6 is 0 Å². The van der Waals surface area contributed by atoms with Crippen LogP contribution in [0, 0.1) is 0 Å². The first-order chi connectivity index (χ1) is 12.7. The Labute approximate surface area is 153 Å². The maximum Gasteiger partial charge on any atom is 0.275 e. The number of aryl methyl sites for hydroxylation is 2. The van der Waals surface area contributed by atoms with Gasteiger partial charge < -0.3 is 4.90 Å². The highest BCUT2D eigenvalue weighted by Gasteiger charge is 2.30. The number of carbonyl (C=O) groups is 1. The molecular weight excluding hydrogens is 324 g/mol. The standard InChI is InChI=1S/C21H24N4O/c1-24-19-11-3-2-10-18(19)20(23-24)21(26)25-15-7-5-9-17(25)13-12-16-8-4-6-14-22-16/h2-4,6,8,10-11,14,17H,5,7,9,12-13,15H2,1H3/t17-/m0/s1. The number of piperidine rings is 1. The summed E-state index contributed by atoms with van der Waals surface area (Å²) in [5.41, 5.74) is 2.67. The van der Waals surface area contributed by atoms with Gasteiger partial charge in [-0.05, 0) is 50.3 Å². The fourth-order valence-electron chi connectivity index (χ4n) is 3.94. The van der Waals surface area contributed by atoms with Gasteiger partial charge in [-0.1, -0.05) is 24.3 Å². The van der Waals surface area contributed by atoms with Gasteiger partial charge in [-0.2, -0.15) is 5.10 Å². The molecule has 5 nitrogen and oxygen atoms in total. The summed E-state index contributed by atoms with van der Waals surface area (Å²) in [5.74, 6) is 0.0625. The molecule has 1 aromatic carbocycles. The van der Waals surface area contributed by atoms with Gasteiger partial charge in [0.25, 0.3) is 5.91 Å². The van der Waals surface area contributed by atoms with E-state index in [1.807, 2.05) is 54.5 Å². The van der Waals surface area contributed by atoms with Crippen LogP contribution in [-0.4, -0.2) is 38.2 Å². The van der Waals surface area contributed by atoms with E-state index in [1.54, 1.807) is 4.68 Å². The number of benzene rings is 1. The van der Waals surface area contributed by atoms with Crippen molar-refractivity contribution in [3.63, 3.8) is 0 Å². The summed E-state index contributed by atoms with van der Waals surface area (Å²) in [6, 6.07) is 14.2. The lowest BCUT2D eigenvalue weighted by atomic mass is 9.96. The Kier molecular flexibility index (Phi) is 4.69. The SMILES string of the molecule is Cn1nc(C(=O)N2CCCC[C@H]2CCc2ccccn2)c2ccccc21. The highest BCUT2D eigenvalue weighted by molar-refractivity contribution is 6.05. The number of hydrogen-bond acceptors (Lipinski definition) is 3. The van der Waals surface area contributed by atoms with E-state index in [0.29, 0.717) is 5.69 Å². The smallest absolute Gasteiger partial charge is 0.275 e. The second kappa shape index (κ2) is 7.28. The zero-order valence-corrected chi connectivity index (χ0v) is 15.1. The Morgan fingerprint density at radius 2 is 2.00 bits per heavy atom. The van der Waals surface area contributed by atoms with Crippen LogP contribution < -0.4 is 0 Å². The van der Waals surface area contributed by atoms with E-state index >= 15 is 0 Å². The van der Waals surface area contributed by atoms with Gasteiger partial charge in [-0.3, -0.25) is 14.5 Å². The molecule has 5 heteroatoms. The van der Waals surface area contributed by atoms with Crippen LogP contribution in [0.25, 0.3) is 10.9 Å². The highest BCUT2D eigenvalue weighted by atomic mass is 16.2. The molecule has 0 saturated carbocycles. The summed E-state index contributed by atoms with van der Waals surface area (Å²) >= 11 is 0. The number of nitrogens with zero attached hydrogens (tertiary/aromatic N) is 4. The summed E-state index contributed by atoms with van der Waals surface area (Å²) in [6.45, 7) is 0.816. The fraction of sp³-hybridized carbons (Fsp3) is 0.381. The Morgan fingerprint density at radius 3 is 2.85 bits per heavy atom. The summed E-state index contributed by atoms with van der Waals surface area (Å²) in [7, 11) is 1.90. The van der Waals surface area contributed by atoms with Gasteiger partial charge in [-0.15, -0.1) is 0 Å². The molecule has 2 aromatic heterocycles. The number of para-hydroxylation sites is 1. The van der Waals surface area contributed by atoms with Crippen molar-refractivity contribution >= 4 is 16.8 Å². The van der Waals surface area contributed by atoms with E-state index in [0.717, 1.165) is 48.8 Å². The molecule has 26 heavy (non-hydrogen) atoms. The normalized spacial score (nSPS) is 17.6. The molecule has 3 aromatic rings. The van der Waals surface area contributed by atoms with Crippen molar-refractivity contribution in [3.05, 3.63) is 60.0 Å². The van der Waals surface area contributed by atoms with Crippen LogP contribution in [0.15, 0.2) is 48.7 Å². The molecule has 1 aliphatic rings. The van der Waals surface area contributed by atoms with Crippen molar-refractivity contribution in [2.24, 2.45) is 7.05 Å². The molecule has 1 saturated heterocycles. The van der Waals surface area contributed by atoms with Crippen molar-refractivity contribution in [1.29, 1.82) is 0 Å². The Morgan fingerprint density at radius 1 is 1.15 bits per heavy atom. The quantitative estimate of drug-likeness (QED) is 0.724. The Bertz CT molecular complexity index is 903. The van der Waals surface area contributed by atoms with Crippen LogP contribution in [0.3, 0.4) is 0 Å². The van der Waals surface area contributed by atoms with Crippen molar-refractivity contribution in [2.45, 2.75) is 38.1 Å². The number of carbonyl (C=O) groups excluding carboxylic acids is 1. The largest absolute Gasteiger partial charge is 0.334 e. The predicted molar refractivity (Wildman–Crippen MR) is 102 cm³/mol. The second-order valence-electron chi connectivity index (χ2n) is 7.00. The van der Waals surface area contributed by atoms with Crippen LogP contribution in [0.5, 0.6) is 0 Å². The molecule has 0 N–H and O–H groups in total. The number of likely N-dealkylation sites (tertiary alicyclic amines) is 1. The predicted octanol–water partition coefficient (Wildman–Crippen LogP) is 3.60. The van der Waals surface area contributed by atoms with E-state index in [9.17, 15) is 4.79 Å². The van der Waals surface area contributed by atoms with E-state index in [4.69, 9.17) is 0 Å². The molecule has 1 aliphatic heterocycles. The molecule has 1 fully saturated rings. The van der Waals surface area contributed by atoms with Crippen LogP contribution in [0.2, 0.25) is 0 Å². The average Bonchev–Trinajstić information content (AvgIpc) is 3.04. The van der Waals surface area contributed by atoms with Gasteiger partial charge in [0.05, 0.1) is 5.52 Å². The van der Waals surface area contributed by atoms with Gasteiger partial charge >= 0.3 is 0 Å². The van der Waals surface area contributed by atoms with E-state index in [-0.39, 0.29) is 11.9 Å². The van der Waals surface area contributed by atoms with Crippen molar-refractivity contribution < 1.29 is 4.79 Å². The fourth-order valence-corrected chi connectivity index (χ4v) is 3.94. The maximum atomic E-state index is 13.3. The molecule has 0 unspecified atom stereocenters. The molecule has 1 atom stereocenters. The number of aromatic nitrogens is 3. The third-order valence-electron chi connectivity index (χ3n) is 5.31. The van der Waals surface area contributed by atoms with Crippen LogP contribution in [0.1, 0.15) is 41.9 Å². The molecule has 1 amide bonds. The molecule has 0 aliphatic carbocycles. The summed E-state index contributed by atoms with van der Waals surface area (Å²) in [5, 5.41) is 5.47. The van der Waals surface area contributed by atoms with Crippen molar-refractivity contribution in [3.8, 4) is 0 Å². The van der Waals surface area contributed by atoms with E-state index in [1.165, 1.54) is 6.42 Å². The molecular formula is C21H24N4O. The Balaban J connectivity index is 1.56. The topological polar surface area (TPSA) is 51.0 Å². The average molecular weight is 348 g/mol. The third kappa shape index (κ3) is 3.21. The maximum absolute atomic E-state index is 13.3. The highest BCUT2D eigenvalue weighted by Crippen LogP contribution is 2.25. The Hall–Kier alpha value is -2.69. The molecule has 0 bridgehead atoms. The number of fused-ring (bicyclic) bond motifs is 1. The van der Waals surface area contributed by atoms with E-state index < -0.39 is 0 Å². The number of amides is 1. The van der Waals surface area contributed by atoms with Crippen molar-refractivity contribution in [1.82, 2.24) is 19.7 Å². The molecule has 3 heterocycles. The van der Waals surface area contributed by atoms with Gasteiger partial charge in [0.15, 0.2) is 5.69 Å². The van der Waals surface area contributed by atoms with Gasteiger partial charge in [-0.25, -0.2) is 0 Å². The van der Waals surface area contributed by atoms with Gasteiger partial charge in [0.2, 0.25) is 0 Å². The monoisotopic (exact) mass is 348 g/mol. The summed E-state index contributed by atoms with van der Waals surface area (Å²) in [6.07, 6.45) is 6.99. The van der Waals surface area contributed by atoms with Crippen LogP contribution in [0.4, 0.5) is 0 Å². The summed E-state index contributed by atoms with van der Waals surface area (Å²) in [4.78, 5) is 19.7. The lowest BCUT2D eigenvalue weighted by Gasteiger charge is -2.35. The zero-order chi connectivity index (χ0) is 17.9. The third-order valence-corrected chi connectivity index (χ3v) is 5.31. The first kappa shape index (κ1) is 16.8. The minimum absolute atomic E-state index is 0.0625. The number of rotatable bonds is 4. The molecule has 0 spiro atoms. The lowest BCUT2D eigenvalue weighted by Crippen LogP contribution is -2.44. The lowest BCUT2D eigenvalue weighted by molar-refractivity contribution is 0.0596. The van der Waals surface area contributed by atoms with Gasteiger partial charge in [0.1, 0.15) is 0 Å².